The van der Waals surface area contributed by atoms with Crippen LogP contribution >= 0.6 is 0 Å². The highest BCUT2D eigenvalue weighted by Crippen LogP contribution is 2.29. The van der Waals surface area contributed by atoms with E-state index in [2.05, 4.69) is 12.1 Å². The second kappa shape index (κ2) is 7.08. The van der Waals surface area contributed by atoms with Gasteiger partial charge in [-0.05, 0) is 37.7 Å². The lowest BCUT2D eigenvalue weighted by Gasteiger charge is -2.40. The smallest absolute Gasteiger partial charge is 0.228 e. The van der Waals surface area contributed by atoms with Crippen LogP contribution in [-0.4, -0.2) is 35.1 Å². The maximum atomic E-state index is 13.0. The Hall–Kier alpha value is -1.35. The van der Waals surface area contributed by atoms with Crippen molar-refractivity contribution in [2.24, 2.45) is 5.41 Å². The number of carbonyl (C=O) groups excluding carboxylic acids is 1. The molecule has 1 amide bonds. The molecule has 1 aromatic carbocycles. The number of rotatable bonds is 5. The first-order valence-corrected chi connectivity index (χ1v) is 8.00. The van der Waals surface area contributed by atoms with Crippen molar-refractivity contribution in [3.8, 4) is 0 Å². The standard InChI is InChI=1S/C18H27NO2/c1-18(2,14-15-8-4-3-5-9-15)17(21)19-12-7-6-10-16(19)11-13-20/h3-5,8-9,16,20H,6-7,10-14H2,1-2H3. The molecule has 2 rings (SSSR count). The van der Waals surface area contributed by atoms with E-state index in [0.717, 1.165) is 32.2 Å². The van der Waals surface area contributed by atoms with Crippen LogP contribution in [0.1, 0.15) is 45.1 Å². The van der Waals surface area contributed by atoms with Crippen molar-refractivity contribution in [2.75, 3.05) is 13.2 Å². The monoisotopic (exact) mass is 289 g/mol. The van der Waals surface area contributed by atoms with Gasteiger partial charge in [0, 0.05) is 24.6 Å². The predicted molar refractivity (Wildman–Crippen MR) is 85.0 cm³/mol. The largest absolute Gasteiger partial charge is 0.396 e. The summed E-state index contributed by atoms with van der Waals surface area (Å²) in [7, 11) is 0. The number of piperidine rings is 1. The minimum atomic E-state index is -0.396. The zero-order chi connectivity index (χ0) is 15.3. The zero-order valence-electron chi connectivity index (χ0n) is 13.2. The highest BCUT2D eigenvalue weighted by molar-refractivity contribution is 5.82. The first kappa shape index (κ1) is 16.0. The molecule has 0 aliphatic carbocycles. The van der Waals surface area contributed by atoms with Gasteiger partial charge in [0.25, 0.3) is 0 Å². The van der Waals surface area contributed by atoms with Crippen LogP contribution in [0.5, 0.6) is 0 Å². The van der Waals surface area contributed by atoms with Gasteiger partial charge in [0.15, 0.2) is 0 Å². The van der Waals surface area contributed by atoms with Crippen LogP contribution in [0.2, 0.25) is 0 Å². The summed E-state index contributed by atoms with van der Waals surface area (Å²) in [6, 6.07) is 10.4. The van der Waals surface area contributed by atoms with E-state index in [1.165, 1.54) is 5.56 Å². The number of aliphatic hydroxyl groups excluding tert-OH is 1. The topological polar surface area (TPSA) is 40.5 Å². The Morgan fingerprint density at radius 2 is 2.00 bits per heavy atom. The van der Waals surface area contributed by atoms with E-state index in [9.17, 15) is 9.90 Å². The average Bonchev–Trinajstić information content (AvgIpc) is 2.48. The molecule has 1 N–H and O–H groups in total. The van der Waals surface area contributed by atoms with Gasteiger partial charge in [0.2, 0.25) is 5.91 Å². The van der Waals surface area contributed by atoms with E-state index in [0.29, 0.717) is 6.42 Å². The minimum Gasteiger partial charge on any atom is -0.396 e. The molecule has 1 atom stereocenters. The van der Waals surface area contributed by atoms with E-state index in [4.69, 9.17) is 0 Å². The van der Waals surface area contributed by atoms with Crippen molar-refractivity contribution >= 4 is 5.91 Å². The number of likely N-dealkylation sites (tertiary alicyclic amines) is 1. The molecule has 1 heterocycles. The second-order valence-electron chi connectivity index (χ2n) is 6.71. The number of nitrogens with zero attached hydrogens (tertiary/aromatic N) is 1. The van der Waals surface area contributed by atoms with Crippen molar-refractivity contribution in [3.63, 3.8) is 0 Å². The van der Waals surface area contributed by atoms with Crippen LogP contribution in [0, 0.1) is 5.41 Å². The van der Waals surface area contributed by atoms with Crippen molar-refractivity contribution in [1.29, 1.82) is 0 Å². The molecule has 1 aliphatic heterocycles. The van der Waals surface area contributed by atoms with Gasteiger partial charge >= 0.3 is 0 Å². The fourth-order valence-electron chi connectivity index (χ4n) is 3.29. The summed E-state index contributed by atoms with van der Waals surface area (Å²) in [5.41, 5.74) is 0.804. The Labute approximate surface area is 128 Å². The molecule has 0 aromatic heterocycles. The van der Waals surface area contributed by atoms with Crippen molar-refractivity contribution < 1.29 is 9.90 Å². The van der Waals surface area contributed by atoms with Gasteiger partial charge in [-0.15, -0.1) is 0 Å². The molecule has 1 fully saturated rings. The van der Waals surface area contributed by atoms with Crippen molar-refractivity contribution in [2.45, 2.75) is 52.0 Å². The highest BCUT2D eigenvalue weighted by Gasteiger charge is 2.36. The van der Waals surface area contributed by atoms with Crippen LogP contribution in [0.4, 0.5) is 0 Å². The number of aliphatic hydroxyl groups is 1. The van der Waals surface area contributed by atoms with E-state index in [1.807, 2.05) is 36.9 Å². The molecule has 1 saturated heterocycles. The maximum absolute atomic E-state index is 13.0. The molecule has 1 aromatic rings. The third kappa shape index (κ3) is 4.07. The number of hydrogen-bond donors (Lipinski definition) is 1. The van der Waals surface area contributed by atoms with Gasteiger partial charge in [-0.1, -0.05) is 44.2 Å². The third-order valence-corrected chi connectivity index (χ3v) is 4.42. The van der Waals surface area contributed by atoms with Crippen LogP contribution in [-0.2, 0) is 11.2 Å². The van der Waals surface area contributed by atoms with Crippen LogP contribution in [0.3, 0.4) is 0 Å². The highest BCUT2D eigenvalue weighted by atomic mass is 16.3. The summed E-state index contributed by atoms with van der Waals surface area (Å²) in [5.74, 6) is 0.226. The van der Waals surface area contributed by atoms with Gasteiger partial charge in [-0.3, -0.25) is 4.79 Å². The molecule has 1 unspecified atom stereocenters. The van der Waals surface area contributed by atoms with Gasteiger partial charge in [-0.2, -0.15) is 0 Å². The summed E-state index contributed by atoms with van der Waals surface area (Å²) in [4.78, 5) is 15.0. The lowest BCUT2D eigenvalue weighted by atomic mass is 9.83. The number of benzene rings is 1. The Bertz CT molecular complexity index is 454. The quantitative estimate of drug-likeness (QED) is 0.905. The van der Waals surface area contributed by atoms with E-state index in [-0.39, 0.29) is 18.6 Å². The van der Waals surface area contributed by atoms with E-state index < -0.39 is 5.41 Å². The normalized spacial score (nSPS) is 19.6. The summed E-state index contributed by atoms with van der Waals surface area (Å²) >= 11 is 0. The molecule has 0 radical (unpaired) electrons. The summed E-state index contributed by atoms with van der Waals surface area (Å²) < 4.78 is 0. The number of carbonyl (C=O) groups is 1. The molecule has 3 nitrogen and oxygen atoms in total. The molecular weight excluding hydrogens is 262 g/mol. The third-order valence-electron chi connectivity index (χ3n) is 4.42. The molecule has 0 spiro atoms. The first-order valence-electron chi connectivity index (χ1n) is 8.00. The van der Waals surface area contributed by atoms with Crippen LogP contribution < -0.4 is 0 Å². The molecular formula is C18H27NO2. The van der Waals surface area contributed by atoms with E-state index >= 15 is 0 Å². The fraction of sp³-hybridized carbons (Fsp3) is 0.611. The molecule has 3 heteroatoms. The average molecular weight is 289 g/mol. The fourth-order valence-corrected chi connectivity index (χ4v) is 3.29. The SMILES string of the molecule is CC(C)(Cc1ccccc1)C(=O)N1CCCCC1CCO. The minimum absolute atomic E-state index is 0.160. The molecule has 0 saturated carbocycles. The lowest BCUT2D eigenvalue weighted by molar-refractivity contribution is -0.144. The lowest BCUT2D eigenvalue weighted by Crippen LogP contribution is -2.50. The summed E-state index contributed by atoms with van der Waals surface area (Å²) in [5, 5.41) is 9.22. The Balaban J connectivity index is 2.08. The number of hydrogen-bond acceptors (Lipinski definition) is 2. The molecule has 1 aliphatic rings. The van der Waals surface area contributed by atoms with Gasteiger partial charge in [0.1, 0.15) is 0 Å². The first-order chi connectivity index (χ1) is 10.0. The van der Waals surface area contributed by atoms with Crippen molar-refractivity contribution in [3.05, 3.63) is 35.9 Å². The Morgan fingerprint density at radius 3 is 2.67 bits per heavy atom. The zero-order valence-corrected chi connectivity index (χ0v) is 13.2. The van der Waals surface area contributed by atoms with E-state index in [1.54, 1.807) is 0 Å². The summed E-state index contributed by atoms with van der Waals surface area (Å²) in [6.45, 7) is 5.06. The van der Waals surface area contributed by atoms with Gasteiger partial charge < -0.3 is 10.0 Å². The summed E-state index contributed by atoms with van der Waals surface area (Å²) in [6.07, 6.45) is 4.72. The Kier molecular flexibility index (Phi) is 5.40. The molecule has 0 bridgehead atoms. The molecule has 116 valence electrons. The predicted octanol–water partition coefficient (Wildman–Crippen LogP) is 3.02. The molecule has 21 heavy (non-hydrogen) atoms. The van der Waals surface area contributed by atoms with Crippen LogP contribution in [0.15, 0.2) is 30.3 Å². The maximum Gasteiger partial charge on any atom is 0.228 e. The Morgan fingerprint density at radius 1 is 1.29 bits per heavy atom. The second-order valence-corrected chi connectivity index (χ2v) is 6.71. The van der Waals surface area contributed by atoms with Crippen molar-refractivity contribution in [1.82, 2.24) is 4.90 Å². The van der Waals surface area contributed by atoms with Crippen LogP contribution in [0.25, 0.3) is 0 Å². The van der Waals surface area contributed by atoms with Gasteiger partial charge in [-0.25, -0.2) is 0 Å². The number of amides is 1. The van der Waals surface area contributed by atoms with Gasteiger partial charge in [0.05, 0.1) is 0 Å².